The minimum absolute atomic E-state index is 0.0199. The molecule has 0 aromatic heterocycles. The number of hydrogen-bond acceptors (Lipinski definition) is 4. The van der Waals surface area contributed by atoms with E-state index in [1.165, 1.54) is 0 Å². The first kappa shape index (κ1) is 25.5. The lowest BCUT2D eigenvalue weighted by Gasteiger charge is -2.38. The summed E-state index contributed by atoms with van der Waals surface area (Å²) < 4.78 is 5.25. The highest BCUT2D eigenvalue weighted by Gasteiger charge is 2.36. The first-order chi connectivity index (χ1) is 17.4. The fourth-order valence-corrected chi connectivity index (χ4v) is 4.96. The summed E-state index contributed by atoms with van der Waals surface area (Å²) in [5.74, 6) is 0.240. The highest BCUT2D eigenvalue weighted by atomic mass is 16.5. The number of nitrogens with one attached hydrogen (secondary N) is 2. The average Bonchev–Trinajstić information content (AvgIpc) is 2.93. The van der Waals surface area contributed by atoms with Gasteiger partial charge in [-0.25, -0.2) is 4.79 Å². The van der Waals surface area contributed by atoms with Crippen molar-refractivity contribution in [3.05, 3.63) is 59.7 Å². The van der Waals surface area contributed by atoms with E-state index in [9.17, 15) is 14.4 Å². The molecule has 2 aromatic rings. The molecule has 0 spiro atoms. The van der Waals surface area contributed by atoms with Crippen LogP contribution in [-0.2, 0) is 4.79 Å². The molecule has 4 rings (SSSR count). The zero-order valence-electron chi connectivity index (χ0n) is 21.2. The number of carbonyl (C=O) groups excluding carboxylic acids is 3. The molecule has 1 atom stereocenters. The minimum atomic E-state index is -0.621. The monoisotopic (exact) mass is 492 g/mol. The third kappa shape index (κ3) is 6.36. The first-order valence-corrected chi connectivity index (χ1v) is 12.8. The molecule has 2 aliphatic rings. The molecule has 2 N–H and O–H groups in total. The van der Waals surface area contributed by atoms with Crippen molar-refractivity contribution in [3.8, 4) is 5.75 Å². The van der Waals surface area contributed by atoms with Crippen LogP contribution in [0.2, 0.25) is 0 Å². The predicted octanol–water partition coefficient (Wildman–Crippen LogP) is 4.06. The summed E-state index contributed by atoms with van der Waals surface area (Å²) in [6.45, 7) is 4.51. The molecule has 36 heavy (non-hydrogen) atoms. The van der Waals surface area contributed by atoms with Crippen molar-refractivity contribution in [3.63, 3.8) is 0 Å². The van der Waals surface area contributed by atoms with E-state index in [0.717, 1.165) is 43.6 Å². The highest BCUT2D eigenvalue weighted by molar-refractivity contribution is 5.98. The van der Waals surface area contributed by atoms with E-state index in [2.05, 4.69) is 10.6 Å². The Morgan fingerprint density at radius 1 is 0.917 bits per heavy atom. The number of aryl methyl sites for hydroxylation is 1. The van der Waals surface area contributed by atoms with Crippen LogP contribution >= 0.6 is 0 Å². The van der Waals surface area contributed by atoms with Gasteiger partial charge in [0.2, 0.25) is 5.91 Å². The third-order valence-electron chi connectivity index (χ3n) is 7.15. The Morgan fingerprint density at radius 2 is 1.61 bits per heavy atom. The molecular formula is C28H36N4O4. The van der Waals surface area contributed by atoms with Crippen LogP contribution in [0.15, 0.2) is 48.5 Å². The summed E-state index contributed by atoms with van der Waals surface area (Å²) in [4.78, 5) is 43.2. The number of nitrogens with zero attached hydrogens (tertiary/aromatic N) is 2. The maximum Gasteiger partial charge on any atom is 0.321 e. The van der Waals surface area contributed by atoms with E-state index in [4.69, 9.17) is 4.74 Å². The van der Waals surface area contributed by atoms with Gasteiger partial charge >= 0.3 is 6.03 Å². The number of hydrogen-bond donors (Lipinski definition) is 2. The van der Waals surface area contributed by atoms with Crippen molar-refractivity contribution in [2.75, 3.05) is 38.6 Å². The van der Waals surface area contributed by atoms with Crippen molar-refractivity contribution < 1.29 is 19.1 Å². The van der Waals surface area contributed by atoms with Gasteiger partial charge in [0.05, 0.1) is 7.11 Å². The van der Waals surface area contributed by atoms with E-state index in [1.54, 1.807) is 36.3 Å². The summed E-state index contributed by atoms with van der Waals surface area (Å²) in [6, 6.07) is 13.9. The molecule has 2 saturated heterocycles. The molecule has 4 amide bonds. The number of ether oxygens (including phenoxy) is 1. The van der Waals surface area contributed by atoms with Gasteiger partial charge in [-0.2, -0.15) is 0 Å². The van der Waals surface area contributed by atoms with Crippen molar-refractivity contribution in [1.82, 2.24) is 15.1 Å². The molecule has 0 unspecified atom stereocenters. The zero-order chi connectivity index (χ0) is 25.5. The van der Waals surface area contributed by atoms with Gasteiger partial charge in [-0.3, -0.25) is 9.59 Å². The summed E-state index contributed by atoms with van der Waals surface area (Å²) in [7, 11) is 1.56. The maximum absolute atomic E-state index is 13.6. The number of benzene rings is 2. The molecule has 2 heterocycles. The van der Waals surface area contributed by atoms with Gasteiger partial charge in [0, 0.05) is 37.4 Å². The molecule has 0 saturated carbocycles. The number of methoxy groups -OCH3 is 1. The van der Waals surface area contributed by atoms with Gasteiger partial charge in [-0.05, 0) is 75.3 Å². The van der Waals surface area contributed by atoms with Crippen LogP contribution in [0.3, 0.4) is 0 Å². The predicted molar refractivity (Wildman–Crippen MR) is 139 cm³/mol. The van der Waals surface area contributed by atoms with Crippen LogP contribution in [0, 0.1) is 12.8 Å². The fraction of sp³-hybridized carbons (Fsp3) is 0.464. The van der Waals surface area contributed by atoms with Gasteiger partial charge in [0.25, 0.3) is 5.91 Å². The quantitative estimate of drug-likeness (QED) is 0.636. The summed E-state index contributed by atoms with van der Waals surface area (Å²) in [6.07, 6.45) is 4.38. The number of carbonyl (C=O) groups is 3. The van der Waals surface area contributed by atoms with Crippen LogP contribution in [0.4, 0.5) is 10.5 Å². The van der Waals surface area contributed by atoms with Crippen molar-refractivity contribution in [1.29, 1.82) is 0 Å². The molecule has 8 heteroatoms. The number of rotatable bonds is 6. The van der Waals surface area contributed by atoms with Gasteiger partial charge in [-0.15, -0.1) is 0 Å². The largest absolute Gasteiger partial charge is 0.497 e. The molecule has 192 valence electrons. The summed E-state index contributed by atoms with van der Waals surface area (Å²) in [5, 5.41) is 5.99. The smallest absolute Gasteiger partial charge is 0.321 e. The van der Waals surface area contributed by atoms with E-state index >= 15 is 0 Å². The molecule has 2 aliphatic heterocycles. The van der Waals surface area contributed by atoms with Crippen molar-refractivity contribution in [2.45, 2.75) is 45.1 Å². The molecule has 0 bridgehead atoms. The van der Waals surface area contributed by atoms with Crippen LogP contribution in [0.5, 0.6) is 5.75 Å². The number of amides is 4. The topological polar surface area (TPSA) is 91.0 Å². The Bertz CT molecular complexity index is 1060. The highest BCUT2D eigenvalue weighted by Crippen LogP contribution is 2.25. The van der Waals surface area contributed by atoms with Gasteiger partial charge < -0.3 is 25.2 Å². The Balaban J connectivity index is 1.42. The second kappa shape index (κ2) is 11.9. The van der Waals surface area contributed by atoms with Crippen LogP contribution in [0.25, 0.3) is 0 Å². The molecule has 2 fully saturated rings. The first-order valence-electron chi connectivity index (χ1n) is 12.8. The number of anilines is 1. The van der Waals surface area contributed by atoms with Gasteiger partial charge in [-0.1, -0.05) is 23.8 Å². The van der Waals surface area contributed by atoms with Crippen molar-refractivity contribution in [2.24, 2.45) is 5.92 Å². The molecule has 0 radical (unpaired) electrons. The normalized spacial score (nSPS) is 17.3. The third-order valence-corrected chi connectivity index (χ3v) is 7.15. The lowest BCUT2D eigenvalue weighted by molar-refractivity contribution is -0.136. The Labute approximate surface area is 213 Å². The molecule has 2 aromatic carbocycles. The van der Waals surface area contributed by atoms with Crippen molar-refractivity contribution >= 4 is 23.5 Å². The maximum atomic E-state index is 13.6. The number of urea groups is 1. The van der Waals surface area contributed by atoms with E-state index in [0.29, 0.717) is 37.2 Å². The number of piperidine rings is 2. The van der Waals surface area contributed by atoms with Crippen LogP contribution in [-0.4, -0.2) is 67.0 Å². The molecule has 0 aliphatic carbocycles. The van der Waals surface area contributed by atoms with Gasteiger partial charge in [0.15, 0.2) is 0 Å². The van der Waals surface area contributed by atoms with Crippen LogP contribution in [0.1, 0.15) is 48.0 Å². The lowest BCUT2D eigenvalue weighted by atomic mass is 9.88. The fourth-order valence-electron chi connectivity index (χ4n) is 4.96. The average molecular weight is 493 g/mol. The zero-order valence-corrected chi connectivity index (χ0v) is 21.2. The van der Waals surface area contributed by atoms with E-state index < -0.39 is 6.04 Å². The molecule has 8 nitrogen and oxygen atoms in total. The number of likely N-dealkylation sites (tertiary alicyclic amines) is 2. The Hall–Kier alpha value is -3.55. The Morgan fingerprint density at radius 3 is 2.28 bits per heavy atom. The second-order valence-electron chi connectivity index (χ2n) is 9.69. The Kier molecular flexibility index (Phi) is 8.46. The van der Waals surface area contributed by atoms with E-state index in [-0.39, 0.29) is 23.8 Å². The molecular weight excluding hydrogens is 456 g/mol. The van der Waals surface area contributed by atoms with Crippen LogP contribution < -0.4 is 15.4 Å². The standard InChI is InChI=1S/C28H36N4O4/c1-20-9-11-23(12-10-20)29-28(35)32-17-13-21(14-18-32)25(27(34)31-15-4-3-5-16-31)30-26(33)22-7-6-8-24(19-22)36-2/h6-12,19,21,25H,3-5,13-18H2,1-2H3,(H,29,35)(H,30,33)/t25-/m1/s1. The van der Waals surface area contributed by atoms with E-state index in [1.807, 2.05) is 36.1 Å². The minimum Gasteiger partial charge on any atom is -0.497 e. The van der Waals surface area contributed by atoms with Gasteiger partial charge in [0.1, 0.15) is 11.8 Å². The lowest BCUT2D eigenvalue weighted by Crippen LogP contribution is -2.55. The summed E-state index contributed by atoms with van der Waals surface area (Å²) >= 11 is 0. The SMILES string of the molecule is COc1cccc(C(=O)N[C@@H](C(=O)N2CCCCC2)C2CCN(C(=O)Nc3ccc(C)cc3)CC2)c1. The summed E-state index contributed by atoms with van der Waals surface area (Å²) in [5.41, 5.74) is 2.35. The second-order valence-corrected chi connectivity index (χ2v) is 9.69.